The number of nitrogens with one attached hydrogen (secondary N) is 1. The summed E-state index contributed by atoms with van der Waals surface area (Å²) >= 11 is 3.32. The first kappa shape index (κ1) is 14.1. The molecule has 0 aromatic heterocycles. The Morgan fingerprint density at radius 3 is 2.76 bits per heavy atom. The van der Waals surface area contributed by atoms with Crippen LogP contribution in [-0.2, 0) is 11.3 Å². The highest BCUT2D eigenvalue weighted by Crippen LogP contribution is 2.18. The number of rotatable bonds is 5. The van der Waals surface area contributed by atoms with Gasteiger partial charge in [0.2, 0.25) is 0 Å². The van der Waals surface area contributed by atoms with E-state index in [-0.39, 0.29) is 11.9 Å². The average Bonchev–Trinajstić information content (AvgIpc) is 2.28. The maximum atomic E-state index is 13.0. The molecule has 2 atom stereocenters. The highest BCUT2D eigenvalue weighted by molar-refractivity contribution is 9.10. The molecule has 0 heterocycles. The number of carboxylic acids is 1. The van der Waals surface area contributed by atoms with Gasteiger partial charge in [-0.3, -0.25) is 4.79 Å². The highest BCUT2D eigenvalue weighted by atomic mass is 79.9. The maximum Gasteiger partial charge on any atom is 0.307 e. The van der Waals surface area contributed by atoms with Gasteiger partial charge < -0.3 is 10.4 Å². The molecule has 1 rings (SSSR count). The largest absolute Gasteiger partial charge is 0.481 e. The van der Waals surface area contributed by atoms with E-state index >= 15 is 0 Å². The van der Waals surface area contributed by atoms with Crippen molar-refractivity contribution in [1.29, 1.82) is 0 Å². The molecule has 0 aliphatic heterocycles. The third-order valence-electron chi connectivity index (χ3n) is 2.76. The zero-order chi connectivity index (χ0) is 13.0. The average molecular weight is 304 g/mol. The lowest BCUT2D eigenvalue weighted by atomic mass is 10.0. The molecule has 1 aromatic carbocycles. The van der Waals surface area contributed by atoms with E-state index < -0.39 is 11.9 Å². The molecule has 0 amide bonds. The maximum absolute atomic E-state index is 13.0. The Morgan fingerprint density at radius 1 is 1.53 bits per heavy atom. The van der Waals surface area contributed by atoms with Gasteiger partial charge in [0.15, 0.2) is 0 Å². The second-order valence-electron chi connectivity index (χ2n) is 4.03. The monoisotopic (exact) mass is 303 g/mol. The van der Waals surface area contributed by atoms with E-state index in [0.29, 0.717) is 6.54 Å². The van der Waals surface area contributed by atoms with Crippen LogP contribution in [0.5, 0.6) is 0 Å². The molecule has 5 heteroatoms. The lowest BCUT2D eigenvalue weighted by Gasteiger charge is -2.18. The molecular weight excluding hydrogens is 289 g/mol. The van der Waals surface area contributed by atoms with Crippen molar-refractivity contribution in [3.63, 3.8) is 0 Å². The van der Waals surface area contributed by atoms with Crippen molar-refractivity contribution in [2.24, 2.45) is 5.92 Å². The van der Waals surface area contributed by atoms with Crippen LogP contribution in [0.3, 0.4) is 0 Å². The van der Waals surface area contributed by atoms with Crippen LogP contribution in [0.25, 0.3) is 0 Å². The zero-order valence-electron chi connectivity index (χ0n) is 9.71. The Bertz CT molecular complexity index is 411. The van der Waals surface area contributed by atoms with Gasteiger partial charge in [-0.25, -0.2) is 4.39 Å². The number of hydrogen-bond acceptors (Lipinski definition) is 2. The number of hydrogen-bond donors (Lipinski definition) is 2. The molecule has 3 nitrogen and oxygen atoms in total. The van der Waals surface area contributed by atoms with E-state index in [1.807, 2.05) is 0 Å². The van der Waals surface area contributed by atoms with E-state index in [4.69, 9.17) is 5.11 Å². The molecule has 94 valence electrons. The molecule has 0 saturated heterocycles. The molecule has 0 spiro atoms. The van der Waals surface area contributed by atoms with Crippen LogP contribution < -0.4 is 5.32 Å². The minimum Gasteiger partial charge on any atom is -0.481 e. The number of carboxylic acid groups (broad SMARTS) is 1. The second kappa shape index (κ2) is 6.12. The summed E-state index contributed by atoms with van der Waals surface area (Å²) in [6.45, 7) is 3.86. The van der Waals surface area contributed by atoms with E-state index in [1.165, 1.54) is 12.1 Å². The minimum atomic E-state index is -0.844. The van der Waals surface area contributed by atoms with Gasteiger partial charge in [-0.2, -0.15) is 0 Å². The molecule has 0 fully saturated rings. The fourth-order valence-corrected chi connectivity index (χ4v) is 1.73. The van der Waals surface area contributed by atoms with E-state index in [9.17, 15) is 9.18 Å². The summed E-state index contributed by atoms with van der Waals surface area (Å²) in [4.78, 5) is 10.8. The van der Waals surface area contributed by atoms with Gasteiger partial charge in [-0.1, -0.05) is 22.9 Å². The first-order valence-electron chi connectivity index (χ1n) is 5.32. The minimum absolute atomic E-state index is 0.178. The summed E-state index contributed by atoms with van der Waals surface area (Å²) in [6.07, 6.45) is 0. The molecular formula is C12H15BrFNO2. The lowest BCUT2D eigenvalue weighted by molar-refractivity contribution is -0.141. The van der Waals surface area contributed by atoms with E-state index in [0.717, 1.165) is 10.0 Å². The molecule has 0 aliphatic rings. The van der Waals surface area contributed by atoms with Gasteiger partial charge in [0.25, 0.3) is 0 Å². The van der Waals surface area contributed by atoms with Crippen molar-refractivity contribution >= 4 is 21.9 Å². The summed E-state index contributed by atoms with van der Waals surface area (Å²) in [5.74, 6) is -1.63. The zero-order valence-corrected chi connectivity index (χ0v) is 11.3. The Labute approximate surface area is 108 Å². The summed E-state index contributed by atoms with van der Waals surface area (Å²) < 4.78 is 13.8. The second-order valence-corrected chi connectivity index (χ2v) is 4.89. The number of halogens is 2. The molecule has 0 saturated carbocycles. The summed E-state index contributed by atoms with van der Waals surface area (Å²) in [6, 6.07) is 4.26. The van der Waals surface area contributed by atoms with Gasteiger partial charge in [0, 0.05) is 17.1 Å². The van der Waals surface area contributed by atoms with Crippen LogP contribution in [0.1, 0.15) is 19.4 Å². The molecule has 0 radical (unpaired) electrons. The first-order valence-corrected chi connectivity index (χ1v) is 6.11. The van der Waals surface area contributed by atoms with Crippen LogP contribution in [0.4, 0.5) is 4.39 Å². The molecule has 17 heavy (non-hydrogen) atoms. The smallest absolute Gasteiger partial charge is 0.307 e. The number of carbonyl (C=O) groups is 1. The normalized spacial score (nSPS) is 14.4. The molecule has 2 unspecified atom stereocenters. The van der Waals surface area contributed by atoms with Crippen molar-refractivity contribution in [1.82, 2.24) is 5.32 Å². The van der Waals surface area contributed by atoms with Crippen LogP contribution in [0, 0.1) is 11.7 Å². The highest BCUT2D eigenvalue weighted by Gasteiger charge is 2.18. The molecule has 2 N–H and O–H groups in total. The van der Waals surface area contributed by atoms with Crippen LogP contribution in [0.2, 0.25) is 0 Å². The van der Waals surface area contributed by atoms with E-state index in [1.54, 1.807) is 19.9 Å². The summed E-state index contributed by atoms with van der Waals surface area (Å²) in [7, 11) is 0. The quantitative estimate of drug-likeness (QED) is 0.879. The Kier molecular flexibility index (Phi) is 5.08. The number of benzene rings is 1. The standard InChI is InChI=1S/C12H15BrFNO2/c1-7(12(16)17)8(2)15-6-9-5-10(14)3-4-11(9)13/h3-5,7-8,15H,6H2,1-2H3,(H,16,17). The van der Waals surface area contributed by atoms with Crippen molar-refractivity contribution < 1.29 is 14.3 Å². The topological polar surface area (TPSA) is 49.3 Å². The van der Waals surface area contributed by atoms with Crippen LogP contribution in [0.15, 0.2) is 22.7 Å². The lowest BCUT2D eigenvalue weighted by Crippen LogP contribution is -2.35. The van der Waals surface area contributed by atoms with E-state index in [2.05, 4.69) is 21.2 Å². The van der Waals surface area contributed by atoms with Gasteiger partial charge >= 0.3 is 5.97 Å². The fourth-order valence-electron chi connectivity index (χ4n) is 1.34. The fraction of sp³-hybridized carbons (Fsp3) is 0.417. The van der Waals surface area contributed by atoms with Gasteiger partial charge in [-0.15, -0.1) is 0 Å². The van der Waals surface area contributed by atoms with Crippen LogP contribution >= 0.6 is 15.9 Å². The van der Waals surface area contributed by atoms with Crippen molar-refractivity contribution in [3.8, 4) is 0 Å². The first-order chi connectivity index (χ1) is 7.91. The Morgan fingerprint density at radius 2 is 2.18 bits per heavy atom. The SMILES string of the molecule is CC(NCc1cc(F)ccc1Br)C(C)C(=O)O. The number of aliphatic carboxylic acids is 1. The molecule has 1 aromatic rings. The van der Waals surface area contributed by atoms with Gasteiger partial charge in [0.1, 0.15) is 5.82 Å². The van der Waals surface area contributed by atoms with Gasteiger partial charge in [-0.05, 0) is 30.7 Å². The van der Waals surface area contributed by atoms with Crippen molar-refractivity contribution in [2.75, 3.05) is 0 Å². The van der Waals surface area contributed by atoms with Crippen molar-refractivity contribution in [2.45, 2.75) is 26.4 Å². The third kappa shape index (κ3) is 4.09. The Balaban J connectivity index is 2.61. The molecule has 0 bridgehead atoms. The summed E-state index contributed by atoms with van der Waals surface area (Å²) in [5, 5.41) is 11.9. The van der Waals surface area contributed by atoms with Crippen LogP contribution in [-0.4, -0.2) is 17.1 Å². The summed E-state index contributed by atoms with van der Waals surface area (Å²) in [5.41, 5.74) is 0.773. The van der Waals surface area contributed by atoms with Gasteiger partial charge in [0.05, 0.1) is 5.92 Å². The van der Waals surface area contributed by atoms with Crippen molar-refractivity contribution in [3.05, 3.63) is 34.1 Å². The predicted molar refractivity (Wildman–Crippen MR) is 67.2 cm³/mol. The Hall–Kier alpha value is -0.940. The molecule has 0 aliphatic carbocycles. The predicted octanol–water partition coefficient (Wildman–Crippen LogP) is 2.79. The third-order valence-corrected chi connectivity index (χ3v) is 3.54.